The number of benzene rings is 7. The highest BCUT2D eigenvalue weighted by Gasteiger charge is 2.21. The van der Waals surface area contributed by atoms with Crippen LogP contribution in [-0.2, 0) is 0 Å². The second-order valence-corrected chi connectivity index (χ2v) is 9.44. The van der Waals surface area contributed by atoms with Crippen LogP contribution in [0, 0.1) is 0 Å². The van der Waals surface area contributed by atoms with E-state index in [0.717, 1.165) is 16.5 Å². The summed E-state index contributed by atoms with van der Waals surface area (Å²) >= 11 is 0. The molecule has 39 heavy (non-hydrogen) atoms. The Balaban J connectivity index is 1.72. The van der Waals surface area contributed by atoms with Crippen molar-refractivity contribution in [3.8, 4) is 33.4 Å². The number of fused-ring (bicyclic) bond motifs is 5. The van der Waals surface area contributed by atoms with E-state index < -0.39 is 24.2 Å². The molecule has 8 rings (SSSR count). The quantitative estimate of drug-likeness (QED) is 0.218. The summed E-state index contributed by atoms with van der Waals surface area (Å²) in [5.41, 5.74) is 4.53. The van der Waals surface area contributed by atoms with Crippen molar-refractivity contribution in [3.05, 3.63) is 145 Å². The zero-order valence-corrected chi connectivity index (χ0v) is 20.6. The summed E-state index contributed by atoms with van der Waals surface area (Å²) in [4.78, 5) is 0. The molecule has 1 heterocycles. The molecule has 0 atom stereocenters. The molecule has 0 saturated carbocycles. The largest absolute Gasteiger partial charge is 0.456 e. The van der Waals surface area contributed by atoms with E-state index in [9.17, 15) is 5.48 Å². The molecule has 0 amide bonds. The molecule has 0 aliphatic heterocycles. The molecule has 182 valence electrons. The maximum atomic E-state index is 9.32. The average molecular weight is 505 g/mol. The van der Waals surface area contributed by atoms with Crippen molar-refractivity contribution < 1.29 is 15.4 Å². The molecular weight excluding hydrogens is 472 g/mol. The van der Waals surface area contributed by atoms with E-state index in [-0.39, 0.29) is 45.7 Å². The molecule has 1 nitrogen and oxygen atoms in total. The van der Waals surface area contributed by atoms with Crippen LogP contribution in [-0.4, -0.2) is 0 Å². The van der Waals surface area contributed by atoms with Gasteiger partial charge in [0.05, 0.1) is 11.0 Å². The SMILES string of the molecule is [2H]c1c([2H])c([2H])c2c(-c3cccc4oc5ccccc5c34)c3c([2H])c([2H])c([2H])c([2H])c3c(-c3ccccc3-c3ccccc3)c2c1[2H]. The van der Waals surface area contributed by atoms with Crippen molar-refractivity contribution in [1.29, 1.82) is 0 Å². The Morgan fingerprint density at radius 3 is 1.62 bits per heavy atom. The lowest BCUT2D eigenvalue weighted by Gasteiger charge is -2.20. The molecule has 8 aromatic rings. The summed E-state index contributed by atoms with van der Waals surface area (Å²) in [6.07, 6.45) is 0. The van der Waals surface area contributed by atoms with Crippen LogP contribution in [0.25, 0.3) is 76.9 Å². The van der Waals surface area contributed by atoms with Crippen LogP contribution in [0.2, 0.25) is 0 Å². The number of hydrogen-bond acceptors (Lipinski definition) is 1. The predicted octanol–water partition coefficient (Wildman–Crippen LogP) is 10.9. The molecule has 0 N–H and O–H groups in total. The van der Waals surface area contributed by atoms with E-state index in [4.69, 9.17) is 9.90 Å². The lowest BCUT2D eigenvalue weighted by molar-refractivity contribution is 0.669. The lowest BCUT2D eigenvalue weighted by Crippen LogP contribution is -1.93. The maximum absolute atomic E-state index is 9.32. The molecule has 0 saturated heterocycles. The fraction of sp³-hybridized carbons (Fsp3) is 0. The second kappa shape index (κ2) is 8.72. The molecule has 0 aliphatic carbocycles. The third-order valence-corrected chi connectivity index (χ3v) is 7.33. The first-order valence-corrected chi connectivity index (χ1v) is 12.7. The normalized spacial score (nSPS) is 14.5. The van der Waals surface area contributed by atoms with E-state index in [1.165, 1.54) is 0 Å². The molecule has 0 radical (unpaired) electrons. The Bertz CT molecular complexity index is 2530. The number of hydrogen-bond donors (Lipinski definition) is 0. The molecular formula is C38H24O. The Labute approximate surface area is 237 Å². The molecule has 0 aliphatic rings. The van der Waals surface area contributed by atoms with Gasteiger partial charge in [0.1, 0.15) is 11.2 Å². The smallest absolute Gasteiger partial charge is 0.136 e. The van der Waals surface area contributed by atoms with Gasteiger partial charge in [-0.25, -0.2) is 0 Å². The van der Waals surface area contributed by atoms with Crippen LogP contribution in [0.1, 0.15) is 11.0 Å². The van der Waals surface area contributed by atoms with Gasteiger partial charge in [-0.15, -0.1) is 0 Å². The van der Waals surface area contributed by atoms with Crippen molar-refractivity contribution in [2.45, 2.75) is 0 Å². The molecule has 0 fully saturated rings. The third-order valence-electron chi connectivity index (χ3n) is 7.33. The minimum atomic E-state index is -0.435. The van der Waals surface area contributed by atoms with Crippen molar-refractivity contribution in [2.24, 2.45) is 0 Å². The van der Waals surface area contributed by atoms with Gasteiger partial charge < -0.3 is 4.42 Å². The Morgan fingerprint density at radius 1 is 0.410 bits per heavy atom. The molecule has 0 unspecified atom stereocenters. The highest BCUT2D eigenvalue weighted by atomic mass is 16.3. The first-order valence-electron chi connectivity index (χ1n) is 16.7. The fourth-order valence-electron chi connectivity index (χ4n) is 5.72. The predicted molar refractivity (Wildman–Crippen MR) is 165 cm³/mol. The summed E-state index contributed by atoms with van der Waals surface area (Å²) in [7, 11) is 0. The lowest BCUT2D eigenvalue weighted by atomic mass is 9.83. The van der Waals surface area contributed by atoms with E-state index in [1.807, 2.05) is 91.0 Å². The molecule has 1 heteroatoms. The van der Waals surface area contributed by atoms with Crippen LogP contribution in [0.5, 0.6) is 0 Å². The van der Waals surface area contributed by atoms with Gasteiger partial charge in [0, 0.05) is 10.8 Å². The second-order valence-electron chi connectivity index (χ2n) is 9.44. The Hall–Kier alpha value is -5.14. The van der Waals surface area contributed by atoms with Crippen molar-refractivity contribution in [3.63, 3.8) is 0 Å². The van der Waals surface area contributed by atoms with Gasteiger partial charge in [-0.05, 0) is 67.1 Å². The van der Waals surface area contributed by atoms with Crippen LogP contribution in [0.3, 0.4) is 0 Å². The zero-order chi connectivity index (χ0) is 32.7. The fourth-order valence-corrected chi connectivity index (χ4v) is 5.72. The highest BCUT2D eigenvalue weighted by Crippen LogP contribution is 2.48. The highest BCUT2D eigenvalue weighted by molar-refractivity contribution is 6.26. The minimum absolute atomic E-state index is 0.171. The monoisotopic (exact) mass is 504 g/mol. The first-order chi connectivity index (χ1) is 22.7. The van der Waals surface area contributed by atoms with Crippen LogP contribution >= 0.6 is 0 Å². The van der Waals surface area contributed by atoms with Crippen molar-refractivity contribution in [1.82, 2.24) is 0 Å². The average Bonchev–Trinajstić information content (AvgIpc) is 3.49. The van der Waals surface area contributed by atoms with E-state index in [2.05, 4.69) is 0 Å². The zero-order valence-electron chi connectivity index (χ0n) is 28.6. The topological polar surface area (TPSA) is 13.1 Å². The molecule has 0 spiro atoms. The summed E-state index contributed by atoms with van der Waals surface area (Å²) in [6.45, 7) is 0. The first kappa shape index (κ1) is 15.3. The molecule has 1 aromatic heterocycles. The molecule has 7 aromatic carbocycles. The van der Waals surface area contributed by atoms with Gasteiger partial charge in [0.25, 0.3) is 0 Å². The van der Waals surface area contributed by atoms with Gasteiger partial charge >= 0.3 is 0 Å². The number of furan rings is 1. The third kappa shape index (κ3) is 3.34. The van der Waals surface area contributed by atoms with E-state index >= 15 is 0 Å². The van der Waals surface area contributed by atoms with Gasteiger partial charge in [-0.2, -0.15) is 0 Å². The van der Waals surface area contributed by atoms with Crippen molar-refractivity contribution >= 4 is 43.5 Å². The number of rotatable bonds is 3. The Morgan fingerprint density at radius 2 is 0.923 bits per heavy atom. The minimum Gasteiger partial charge on any atom is -0.456 e. The van der Waals surface area contributed by atoms with Crippen LogP contribution in [0.4, 0.5) is 0 Å². The summed E-state index contributed by atoms with van der Waals surface area (Å²) in [6, 6.07) is 27.0. The van der Waals surface area contributed by atoms with Crippen molar-refractivity contribution in [2.75, 3.05) is 0 Å². The van der Waals surface area contributed by atoms with E-state index in [0.29, 0.717) is 38.8 Å². The summed E-state index contributed by atoms with van der Waals surface area (Å²) in [5.74, 6) is 0. The van der Waals surface area contributed by atoms with Crippen LogP contribution < -0.4 is 0 Å². The standard InChI is InChI=1S/C38H24O/c1-2-13-25(14-3-1)26-15-4-5-16-27(26)36-28-17-6-8-19-30(28)37(31-20-9-7-18-29(31)36)33-22-12-24-35-38(33)32-21-10-11-23-34(32)39-35/h1-24H/i6D,7D,8D,9D,17D,18D,19D,20D. The van der Waals surface area contributed by atoms with Gasteiger partial charge in [-0.3, -0.25) is 0 Å². The maximum Gasteiger partial charge on any atom is 0.136 e. The Kier molecular flexibility index (Phi) is 3.42. The van der Waals surface area contributed by atoms with Gasteiger partial charge in [-0.1, -0.05) is 133 Å². The van der Waals surface area contributed by atoms with Gasteiger partial charge in [0.15, 0.2) is 0 Å². The molecule has 0 bridgehead atoms. The number of para-hydroxylation sites is 1. The van der Waals surface area contributed by atoms with E-state index in [1.54, 1.807) is 6.07 Å². The summed E-state index contributed by atoms with van der Waals surface area (Å²) in [5, 5.41) is 2.16. The summed E-state index contributed by atoms with van der Waals surface area (Å²) < 4.78 is 78.5. The van der Waals surface area contributed by atoms with Gasteiger partial charge in [0.2, 0.25) is 0 Å². The van der Waals surface area contributed by atoms with Crippen LogP contribution in [0.15, 0.2) is 150 Å².